The number of hydrogen-bond acceptors (Lipinski definition) is 2. The average Bonchev–Trinajstić information content (AvgIpc) is 2.58. The van der Waals surface area contributed by atoms with Crippen molar-refractivity contribution >= 4 is 29.0 Å². The van der Waals surface area contributed by atoms with Gasteiger partial charge in [0.2, 0.25) is 0 Å². The fourth-order valence-electron chi connectivity index (χ4n) is 1.36. The molecule has 0 aliphatic heterocycles. The van der Waals surface area contributed by atoms with E-state index in [2.05, 4.69) is 10.2 Å². The zero-order valence-electron chi connectivity index (χ0n) is 7.80. The van der Waals surface area contributed by atoms with E-state index in [4.69, 9.17) is 28.9 Å². The van der Waals surface area contributed by atoms with Crippen LogP contribution in [-0.4, -0.2) is 10.2 Å². The Kier molecular flexibility index (Phi) is 2.84. The molecule has 0 amide bonds. The molecule has 0 atom stereocenters. The van der Waals surface area contributed by atoms with Gasteiger partial charge >= 0.3 is 0 Å². The first-order chi connectivity index (χ1) is 7.16. The van der Waals surface area contributed by atoms with E-state index in [0.29, 0.717) is 22.3 Å². The highest BCUT2D eigenvalue weighted by Gasteiger charge is 2.07. The summed E-state index contributed by atoms with van der Waals surface area (Å²) in [5.41, 5.74) is 7.27. The maximum atomic E-state index is 6.04. The Labute approximate surface area is 97.2 Å². The number of nitrogens with zero attached hydrogens (tertiary/aromatic N) is 1. The number of aromatic amines is 1. The van der Waals surface area contributed by atoms with Crippen LogP contribution in [0.5, 0.6) is 0 Å². The molecule has 3 N–H and O–H groups in total. The summed E-state index contributed by atoms with van der Waals surface area (Å²) in [6.07, 6.45) is 0.600. The van der Waals surface area contributed by atoms with Crippen LogP contribution in [0.3, 0.4) is 0 Å². The summed E-state index contributed by atoms with van der Waals surface area (Å²) in [5, 5.41) is 7.95. The number of rotatable bonds is 2. The number of nitrogen functional groups attached to an aromatic ring is 1. The van der Waals surface area contributed by atoms with Gasteiger partial charge in [0.1, 0.15) is 5.82 Å². The molecule has 0 unspecified atom stereocenters. The van der Waals surface area contributed by atoms with Crippen molar-refractivity contribution in [1.82, 2.24) is 10.2 Å². The zero-order chi connectivity index (χ0) is 10.8. The van der Waals surface area contributed by atoms with Crippen molar-refractivity contribution in [2.24, 2.45) is 0 Å². The first-order valence-electron chi connectivity index (χ1n) is 4.39. The van der Waals surface area contributed by atoms with Gasteiger partial charge in [0.15, 0.2) is 0 Å². The van der Waals surface area contributed by atoms with Crippen LogP contribution in [-0.2, 0) is 6.42 Å². The molecule has 0 spiro atoms. The molecule has 0 radical (unpaired) electrons. The van der Waals surface area contributed by atoms with Crippen molar-refractivity contribution in [2.75, 3.05) is 5.73 Å². The summed E-state index contributed by atoms with van der Waals surface area (Å²) in [6, 6.07) is 7.19. The summed E-state index contributed by atoms with van der Waals surface area (Å²) in [6.45, 7) is 0. The zero-order valence-corrected chi connectivity index (χ0v) is 9.31. The Morgan fingerprint density at radius 2 is 1.93 bits per heavy atom. The lowest BCUT2D eigenvalue weighted by Gasteiger charge is -2.04. The number of nitrogens with one attached hydrogen (secondary N) is 1. The van der Waals surface area contributed by atoms with Crippen molar-refractivity contribution in [3.8, 4) is 0 Å². The molecule has 3 nitrogen and oxygen atoms in total. The molecule has 0 saturated heterocycles. The fourth-order valence-corrected chi connectivity index (χ4v) is 1.89. The summed E-state index contributed by atoms with van der Waals surface area (Å²) < 4.78 is 0. The second-order valence-corrected chi connectivity index (χ2v) is 4.01. The van der Waals surface area contributed by atoms with E-state index in [9.17, 15) is 0 Å². The Morgan fingerprint density at radius 1 is 1.27 bits per heavy atom. The lowest BCUT2D eigenvalue weighted by atomic mass is 10.1. The summed E-state index contributed by atoms with van der Waals surface area (Å²) in [4.78, 5) is 0. The third-order valence-corrected chi connectivity index (χ3v) is 2.79. The highest BCUT2D eigenvalue weighted by Crippen LogP contribution is 2.26. The van der Waals surface area contributed by atoms with Gasteiger partial charge in [0, 0.05) is 28.2 Å². The summed E-state index contributed by atoms with van der Waals surface area (Å²) in [7, 11) is 0. The molecule has 1 heterocycles. The Balaban J connectivity index is 2.31. The van der Waals surface area contributed by atoms with Gasteiger partial charge in [-0.15, -0.1) is 0 Å². The number of anilines is 1. The normalized spacial score (nSPS) is 10.5. The van der Waals surface area contributed by atoms with Crippen LogP contribution in [0.4, 0.5) is 5.82 Å². The quantitative estimate of drug-likeness (QED) is 0.850. The molecule has 0 aliphatic rings. The van der Waals surface area contributed by atoms with Crippen molar-refractivity contribution in [3.05, 3.63) is 45.6 Å². The number of H-pyrrole nitrogens is 1. The maximum Gasteiger partial charge on any atom is 0.145 e. The number of halogens is 2. The van der Waals surface area contributed by atoms with E-state index >= 15 is 0 Å². The smallest absolute Gasteiger partial charge is 0.145 e. The van der Waals surface area contributed by atoms with Crippen LogP contribution < -0.4 is 5.73 Å². The van der Waals surface area contributed by atoms with Gasteiger partial charge in [0.25, 0.3) is 0 Å². The predicted molar refractivity (Wildman–Crippen MR) is 62.3 cm³/mol. The van der Waals surface area contributed by atoms with Gasteiger partial charge in [-0.05, 0) is 17.7 Å². The third kappa shape index (κ3) is 2.25. The topological polar surface area (TPSA) is 54.7 Å². The molecule has 1 aromatic heterocycles. The Hall–Kier alpha value is -1.19. The molecule has 2 aromatic rings. The predicted octanol–water partition coefficient (Wildman–Crippen LogP) is 2.89. The summed E-state index contributed by atoms with van der Waals surface area (Å²) in [5.74, 6) is 0.466. The largest absolute Gasteiger partial charge is 0.382 e. The summed E-state index contributed by atoms with van der Waals surface area (Å²) >= 11 is 12.1. The lowest BCUT2D eigenvalue weighted by molar-refractivity contribution is 1.000. The van der Waals surface area contributed by atoms with Crippen LogP contribution in [0.25, 0.3) is 0 Å². The second-order valence-electron chi connectivity index (χ2n) is 3.20. The van der Waals surface area contributed by atoms with E-state index in [-0.39, 0.29) is 0 Å². The second kappa shape index (κ2) is 4.13. The standard InChI is InChI=1S/C10H9Cl2N3/c11-8-2-1-3-9(12)7(8)4-6-5-10(13)15-14-6/h1-3,5H,4H2,(H3,13,14,15). The third-order valence-electron chi connectivity index (χ3n) is 2.08. The first kappa shape index (κ1) is 10.3. The van der Waals surface area contributed by atoms with Crippen molar-refractivity contribution < 1.29 is 0 Å². The van der Waals surface area contributed by atoms with Gasteiger partial charge in [-0.3, -0.25) is 5.10 Å². The minimum Gasteiger partial charge on any atom is -0.382 e. The average molecular weight is 242 g/mol. The van der Waals surface area contributed by atoms with Crippen molar-refractivity contribution in [3.63, 3.8) is 0 Å². The molecule has 5 heteroatoms. The molecule has 0 aliphatic carbocycles. The van der Waals surface area contributed by atoms with Crippen molar-refractivity contribution in [1.29, 1.82) is 0 Å². The molecule has 0 saturated carbocycles. The minimum absolute atomic E-state index is 0.466. The van der Waals surface area contributed by atoms with Crippen LogP contribution in [0.15, 0.2) is 24.3 Å². The van der Waals surface area contributed by atoms with Crippen LogP contribution in [0, 0.1) is 0 Å². The first-order valence-corrected chi connectivity index (χ1v) is 5.15. The van der Waals surface area contributed by atoms with Gasteiger partial charge in [0.05, 0.1) is 0 Å². The minimum atomic E-state index is 0.466. The van der Waals surface area contributed by atoms with Gasteiger partial charge in [-0.25, -0.2) is 0 Å². The van der Waals surface area contributed by atoms with E-state index < -0.39 is 0 Å². The van der Waals surface area contributed by atoms with E-state index in [1.807, 2.05) is 18.2 Å². The van der Waals surface area contributed by atoms with E-state index in [1.54, 1.807) is 6.07 Å². The molecular weight excluding hydrogens is 233 g/mol. The van der Waals surface area contributed by atoms with Crippen LogP contribution in [0.1, 0.15) is 11.3 Å². The van der Waals surface area contributed by atoms with E-state index in [1.165, 1.54) is 0 Å². The molecule has 0 bridgehead atoms. The molecule has 1 aromatic carbocycles. The van der Waals surface area contributed by atoms with Crippen LogP contribution >= 0.6 is 23.2 Å². The van der Waals surface area contributed by atoms with Crippen molar-refractivity contribution in [2.45, 2.75) is 6.42 Å². The van der Waals surface area contributed by atoms with Crippen LogP contribution in [0.2, 0.25) is 10.0 Å². The van der Waals surface area contributed by atoms with E-state index in [0.717, 1.165) is 11.3 Å². The number of nitrogens with two attached hydrogens (primary N) is 1. The van der Waals surface area contributed by atoms with Gasteiger partial charge in [-0.2, -0.15) is 5.10 Å². The Bertz CT molecular complexity index is 459. The fraction of sp³-hybridized carbons (Fsp3) is 0.100. The Morgan fingerprint density at radius 3 is 2.47 bits per heavy atom. The molecular formula is C10H9Cl2N3. The highest BCUT2D eigenvalue weighted by atomic mass is 35.5. The van der Waals surface area contributed by atoms with Gasteiger partial charge < -0.3 is 5.73 Å². The lowest BCUT2D eigenvalue weighted by Crippen LogP contribution is -1.91. The highest BCUT2D eigenvalue weighted by molar-refractivity contribution is 6.36. The van der Waals surface area contributed by atoms with Gasteiger partial charge in [-0.1, -0.05) is 29.3 Å². The number of aromatic nitrogens is 2. The number of hydrogen-bond donors (Lipinski definition) is 2. The molecule has 0 fully saturated rings. The SMILES string of the molecule is Nc1cc(Cc2c(Cl)cccc2Cl)[nH]n1. The molecule has 15 heavy (non-hydrogen) atoms. The molecule has 78 valence electrons. The number of benzene rings is 1. The maximum absolute atomic E-state index is 6.04. The monoisotopic (exact) mass is 241 g/mol. The molecule has 2 rings (SSSR count).